The van der Waals surface area contributed by atoms with Crippen molar-refractivity contribution in [3.63, 3.8) is 0 Å². The van der Waals surface area contributed by atoms with Gasteiger partial charge in [-0.1, -0.05) is 18.2 Å². The van der Waals surface area contributed by atoms with Crippen LogP contribution in [0, 0.1) is 6.92 Å². The molecule has 1 aromatic carbocycles. The Hall–Kier alpha value is -1.94. The van der Waals surface area contributed by atoms with Crippen LogP contribution in [-0.2, 0) is 6.54 Å². The van der Waals surface area contributed by atoms with Crippen molar-refractivity contribution in [1.82, 2.24) is 20.9 Å². The molecule has 1 aliphatic rings. The first kappa shape index (κ1) is 14.0. The summed E-state index contributed by atoms with van der Waals surface area (Å²) in [6.45, 7) is 9.10. The second-order valence-corrected chi connectivity index (χ2v) is 5.91. The Morgan fingerprint density at radius 2 is 2.29 bits per heavy atom. The smallest absolute Gasteiger partial charge is 0.0918 e. The molecular formula is C17H24N4. The first-order chi connectivity index (χ1) is 10.2. The summed E-state index contributed by atoms with van der Waals surface area (Å²) in [4.78, 5) is 3.44. The Bertz CT molecular complexity index is 623. The van der Waals surface area contributed by atoms with Crippen LogP contribution in [0.5, 0.6) is 0 Å². The molecule has 0 spiro atoms. The van der Waals surface area contributed by atoms with E-state index in [0.717, 1.165) is 25.5 Å². The Balaban J connectivity index is 1.54. The summed E-state index contributed by atoms with van der Waals surface area (Å²) in [5.74, 6) is 0.901. The van der Waals surface area contributed by atoms with Gasteiger partial charge >= 0.3 is 0 Å². The number of benzene rings is 1. The topological polar surface area (TPSA) is 51.9 Å². The molecule has 2 aromatic rings. The molecule has 1 unspecified atom stereocenters. The second-order valence-electron chi connectivity index (χ2n) is 5.91. The van der Waals surface area contributed by atoms with E-state index < -0.39 is 0 Å². The first-order valence-electron chi connectivity index (χ1n) is 7.69. The molecule has 0 saturated carbocycles. The minimum absolute atomic E-state index is 0.490. The summed E-state index contributed by atoms with van der Waals surface area (Å²) in [6.07, 6.45) is 2.44. The van der Waals surface area contributed by atoms with E-state index in [1.165, 1.54) is 35.0 Å². The van der Waals surface area contributed by atoms with Gasteiger partial charge in [-0.3, -0.25) is 0 Å². The maximum atomic E-state index is 4.07. The number of rotatable bonds is 5. The Morgan fingerprint density at radius 1 is 1.38 bits per heavy atom. The van der Waals surface area contributed by atoms with Crippen molar-refractivity contribution in [2.45, 2.75) is 32.4 Å². The predicted molar refractivity (Wildman–Crippen MR) is 88.0 cm³/mol. The summed E-state index contributed by atoms with van der Waals surface area (Å²) in [5, 5.41) is 11.5. The van der Waals surface area contributed by atoms with E-state index in [9.17, 15) is 0 Å². The summed E-state index contributed by atoms with van der Waals surface area (Å²) in [5.41, 5.74) is 3.66. The Morgan fingerprint density at radius 3 is 3.10 bits per heavy atom. The summed E-state index contributed by atoms with van der Waals surface area (Å²) >= 11 is 0. The van der Waals surface area contributed by atoms with Gasteiger partial charge in [0.15, 0.2) is 0 Å². The number of aromatic amines is 1. The number of aromatic nitrogens is 1. The summed E-state index contributed by atoms with van der Waals surface area (Å²) in [7, 11) is 0. The molecule has 1 saturated heterocycles. The van der Waals surface area contributed by atoms with Crippen LogP contribution in [0.4, 0.5) is 0 Å². The minimum Gasteiger partial charge on any atom is -0.368 e. The fourth-order valence-electron chi connectivity index (χ4n) is 2.88. The van der Waals surface area contributed by atoms with Crippen LogP contribution in [0.25, 0.3) is 10.9 Å². The van der Waals surface area contributed by atoms with Crippen molar-refractivity contribution in [2.24, 2.45) is 0 Å². The summed E-state index contributed by atoms with van der Waals surface area (Å²) < 4.78 is 0. The van der Waals surface area contributed by atoms with Crippen LogP contribution in [-0.4, -0.2) is 24.1 Å². The number of H-pyrrole nitrogens is 1. The van der Waals surface area contributed by atoms with Crippen LogP contribution < -0.4 is 16.0 Å². The lowest BCUT2D eigenvalue weighted by atomic mass is 10.1. The average molecular weight is 284 g/mol. The van der Waals surface area contributed by atoms with Gasteiger partial charge in [0.05, 0.1) is 12.4 Å². The molecule has 2 heterocycles. The third-order valence-corrected chi connectivity index (χ3v) is 4.00. The normalized spacial score (nSPS) is 18.6. The summed E-state index contributed by atoms with van der Waals surface area (Å²) in [6, 6.07) is 9.16. The third-order valence-electron chi connectivity index (χ3n) is 4.00. The van der Waals surface area contributed by atoms with Gasteiger partial charge < -0.3 is 20.9 Å². The van der Waals surface area contributed by atoms with Gasteiger partial charge in [-0.2, -0.15) is 0 Å². The van der Waals surface area contributed by atoms with Crippen LogP contribution in [0.1, 0.15) is 24.1 Å². The second kappa shape index (κ2) is 6.22. The number of nitrogens with one attached hydrogen (secondary N) is 4. The van der Waals surface area contributed by atoms with E-state index in [2.05, 4.69) is 58.7 Å². The molecule has 4 nitrogen and oxygen atoms in total. The molecule has 0 radical (unpaired) electrons. The predicted octanol–water partition coefficient (Wildman–Crippen LogP) is 2.38. The van der Waals surface area contributed by atoms with Crippen LogP contribution in [0.15, 0.2) is 36.7 Å². The molecule has 1 aliphatic heterocycles. The highest BCUT2D eigenvalue weighted by Crippen LogP contribution is 2.16. The van der Waals surface area contributed by atoms with Crippen LogP contribution in [0.2, 0.25) is 0 Å². The molecule has 3 rings (SSSR count). The quantitative estimate of drug-likeness (QED) is 0.682. The zero-order chi connectivity index (χ0) is 14.7. The zero-order valence-corrected chi connectivity index (χ0v) is 12.6. The molecule has 0 aliphatic carbocycles. The number of fused-ring (bicyclic) bond motifs is 1. The molecule has 112 valence electrons. The van der Waals surface area contributed by atoms with Gasteiger partial charge in [0.1, 0.15) is 0 Å². The highest BCUT2D eigenvalue weighted by molar-refractivity contribution is 5.81. The maximum absolute atomic E-state index is 4.07. The van der Waals surface area contributed by atoms with E-state index in [-0.39, 0.29) is 0 Å². The highest BCUT2D eigenvalue weighted by atomic mass is 15.1. The van der Waals surface area contributed by atoms with Gasteiger partial charge in [0.2, 0.25) is 0 Å². The van der Waals surface area contributed by atoms with Crippen LogP contribution in [0.3, 0.4) is 0 Å². The van der Waals surface area contributed by atoms with E-state index in [0.29, 0.717) is 6.04 Å². The molecule has 1 fully saturated rings. The zero-order valence-electron chi connectivity index (χ0n) is 12.6. The minimum atomic E-state index is 0.490. The maximum Gasteiger partial charge on any atom is 0.0918 e. The van der Waals surface area contributed by atoms with Gasteiger partial charge in [-0.25, -0.2) is 0 Å². The van der Waals surface area contributed by atoms with Gasteiger partial charge in [0, 0.05) is 23.8 Å². The molecule has 0 amide bonds. The fourth-order valence-corrected chi connectivity index (χ4v) is 2.88. The molecule has 4 heteroatoms. The van der Waals surface area contributed by atoms with E-state index in [1.54, 1.807) is 0 Å². The third kappa shape index (κ3) is 3.58. The average Bonchev–Trinajstić information content (AvgIpc) is 2.88. The Labute approximate surface area is 126 Å². The SMILES string of the molecule is C=C(NCc1cc2cc(C)ccc2[nH]1)NC1CCCNC1. The molecule has 21 heavy (non-hydrogen) atoms. The fraction of sp³-hybridized carbons (Fsp3) is 0.412. The number of piperidine rings is 1. The van der Waals surface area contributed by atoms with Crippen molar-refractivity contribution in [3.8, 4) is 0 Å². The monoisotopic (exact) mass is 284 g/mol. The van der Waals surface area contributed by atoms with Gasteiger partial charge in [-0.15, -0.1) is 0 Å². The molecular weight excluding hydrogens is 260 g/mol. The number of hydrogen-bond donors (Lipinski definition) is 4. The standard InChI is InChI=1S/C17H24N4/c1-12-5-6-17-14(8-12)9-16(21-17)11-19-13(2)20-15-4-3-7-18-10-15/h5-6,8-9,15,18-21H,2-4,7,10-11H2,1H3. The lowest BCUT2D eigenvalue weighted by Gasteiger charge is -2.26. The van der Waals surface area contributed by atoms with Crippen molar-refractivity contribution in [2.75, 3.05) is 13.1 Å². The van der Waals surface area contributed by atoms with Crippen molar-refractivity contribution in [3.05, 3.63) is 47.9 Å². The lowest BCUT2D eigenvalue weighted by molar-refractivity contribution is 0.405. The van der Waals surface area contributed by atoms with Crippen molar-refractivity contribution in [1.29, 1.82) is 0 Å². The molecule has 4 N–H and O–H groups in total. The van der Waals surface area contributed by atoms with Gasteiger partial charge in [-0.05, 0) is 49.9 Å². The van der Waals surface area contributed by atoms with Crippen molar-refractivity contribution < 1.29 is 0 Å². The number of aryl methyl sites for hydroxylation is 1. The van der Waals surface area contributed by atoms with Gasteiger partial charge in [0.25, 0.3) is 0 Å². The molecule has 1 atom stereocenters. The highest BCUT2D eigenvalue weighted by Gasteiger charge is 2.12. The largest absolute Gasteiger partial charge is 0.368 e. The number of hydrogen-bond acceptors (Lipinski definition) is 3. The lowest BCUT2D eigenvalue weighted by Crippen LogP contribution is -2.44. The van der Waals surface area contributed by atoms with Crippen LogP contribution >= 0.6 is 0 Å². The first-order valence-corrected chi connectivity index (χ1v) is 7.69. The van der Waals surface area contributed by atoms with Crippen molar-refractivity contribution >= 4 is 10.9 Å². The molecule has 0 bridgehead atoms. The van der Waals surface area contributed by atoms with E-state index in [1.807, 2.05) is 0 Å². The van der Waals surface area contributed by atoms with E-state index in [4.69, 9.17) is 0 Å². The Kier molecular flexibility index (Phi) is 4.15. The van der Waals surface area contributed by atoms with E-state index >= 15 is 0 Å². The molecule has 1 aromatic heterocycles.